The van der Waals surface area contributed by atoms with E-state index in [1.807, 2.05) is 12.1 Å². The molecule has 4 rings (SSSR count). The Balaban J connectivity index is 1.77. The smallest absolute Gasteiger partial charge is 0.180 e. The zero-order valence-corrected chi connectivity index (χ0v) is 13.6. The molecule has 0 radical (unpaired) electrons. The summed E-state index contributed by atoms with van der Waals surface area (Å²) < 4.78 is 0. The molecule has 1 saturated carbocycles. The maximum Gasteiger partial charge on any atom is 0.180 e. The summed E-state index contributed by atoms with van der Waals surface area (Å²) in [5.74, 6) is -0.0623. The highest BCUT2D eigenvalue weighted by atomic mass is 16.1. The predicted molar refractivity (Wildman–Crippen MR) is 87.3 cm³/mol. The molecule has 1 aromatic heterocycles. The summed E-state index contributed by atoms with van der Waals surface area (Å²) in [6, 6.07) is 6.17. The minimum absolute atomic E-state index is 0.0623. The number of ketones is 1. The Labute approximate surface area is 136 Å². The molecule has 0 amide bonds. The minimum Gasteiger partial charge on any atom is -0.369 e. The standard InChI is InChI=1S/C19H21N3O/c1-2-14-4-3-13-11-16(23)15(12-20)18(17(13)21-14)22-9-7-19(5-6-19)8-10-22/h3-4H,2,5-11H2,1H3. The van der Waals surface area contributed by atoms with Crippen molar-refractivity contribution in [3.8, 4) is 6.07 Å². The van der Waals surface area contributed by atoms with Gasteiger partial charge in [-0.3, -0.25) is 9.78 Å². The number of piperidine rings is 1. The van der Waals surface area contributed by atoms with Gasteiger partial charge in [-0.2, -0.15) is 5.26 Å². The molecule has 118 valence electrons. The molecule has 0 N–H and O–H groups in total. The van der Waals surface area contributed by atoms with E-state index in [0.717, 1.165) is 42.2 Å². The van der Waals surface area contributed by atoms with Crippen molar-refractivity contribution in [3.05, 3.63) is 34.7 Å². The number of carbonyl (C=O) groups is 1. The number of aryl methyl sites for hydroxylation is 1. The highest BCUT2D eigenvalue weighted by Crippen LogP contribution is 2.54. The van der Waals surface area contributed by atoms with Crippen molar-refractivity contribution in [1.29, 1.82) is 5.26 Å². The highest BCUT2D eigenvalue weighted by Gasteiger charge is 2.45. The zero-order chi connectivity index (χ0) is 16.0. The van der Waals surface area contributed by atoms with Crippen LogP contribution in [0.5, 0.6) is 0 Å². The molecule has 4 nitrogen and oxygen atoms in total. The third kappa shape index (κ3) is 2.35. The first kappa shape index (κ1) is 14.4. The van der Waals surface area contributed by atoms with Crippen LogP contribution in [0.25, 0.3) is 5.70 Å². The molecule has 3 aliphatic rings. The molecular weight excluding hydrogens is 286 g/mol. The van der Waals surface area contributed by atoms with E-state index in [1.54, 1.807) is 0 Å². The number of allylic oxidation sites excluding steroid dienone is 1. The fourth-order valence-electron chi connectivity index (χ4n) is 3.89. The lowest BCUT2D eigenvalue weighted by Gasteiger charge is -2.37. The molecular formula is C19H21N3O. The average Bonchev–Trinajstić information content (AvgIpc) is 3.33. The van der Waals surface area contributed by atoms with Gasteiger partial charge in [-0.15, -0.1) is 0 Å². The fraction of sp³-hybridized carbons (Fsp3) is 0.526. The number of hydrogen-bond donors (Lipinski definition) is 0. The Bertz CT molecular complexity index is 742. The summed E-state index contributed by atoms with van der Waals surface area (Å²) >= 11 is 0. The van der Waals surface area contributed by atoms with E-state index in [2.05, 4.69) is 17.9 Å². The quantitative estimate of drug-likeness (QED) is 0.843. The van der Waals surface area contributed by atoms with Gasteiger partial charge >= 0.3 is 0 Å². The van der Waals surface area contributed by atoms with Crippen LogP contribution < -0.4 is 0 Å². The molecule has 2 fully saturated rings. The normalized spacial score (nSPS) is 22.1. The Hall–Kier alpha value is -2.15. The fourth-order valence-corrected chi connectivity index (χ4v) is 3.89. The van der Waals surface area contributed by atoms with Crippen LogP contribution in [-0.4, -0.2) is 28.8 Å². The minimum atomic E-state index is -0.0623. The molecule has 1 spiro atoms. The second-order valence-electron chi connectivity index (χ2n) is 7.09. The van der Waals surface area contributed by atoms with E-state index in [4.69, 9.17) is 4.98 Å². The molecule has 1 aromatic rings. The monoisotopic (exact) mass is 307 g/mol. The van der Waals surface area contributed by atoms with Crippen molar-refractivity contribution in [1.82, 2.24) is 9.88 Å². The molecule has 1 saturated heterocycles. The van der Waals surface area contributed by atoms with E-state index in [-0.39, 0.29) is 5.78 Å². The number of rotatable bonds is 2. The highest BCUT2D eigenvalue weighted by molar-refractivity contribution is 6.09. The van der Waals surface area contributed by atoms with Gasteiger partial charge in [-0.25, -0.2) is 0 Å². The topological polar surface area (TPSA) is 57.0 Å². The van der Waals surface area contributed by atoms with Gasteiger partial charge in [0.15, 0.2) is 5.78 Å². The van der Waals surface area contributed by atoms with E-state index < -0.39 is 0 Å². The summed E-state index contributed by atoms with van der Waals surface area (Å²) in [4.78, 5) is 19.4. The molecule has 4 heteroatoms. The number of pyridine rings is 1. The van der Waals surface area contributed by atoms with E-state index in [9.17, 15) is 10.1 Å². The van der Waals surface area contributed by atoms with Crippen molar-refractivity contribution in [2.75, 3.05) is 13.1 Å². The Morgan fingerprint density at radius 1 is 1.26 bits per heavy atom. The first-order valence-electron chi connectivity index (χ1n) is 8.57. The summed E-state index contributed by atoms with van der Waals surface area (Å²) in [5, 5.41) is 9.55. The number of fused-ring (bicyclic) bond motifs is 1. The van der Waals surface area contributed by atoms with Crippen LogP contribution in [0.1, 0.15) is 49.6 Å². The van der Waals surface area contributed by atoms with E-state index >= 15 is 0 Å². The largest absolute Gasteiger partial charge is 0.369 e. The third-order valence-corrected chi connectivity index (χ3v) is 5.70. The molecule has 2 aliphatic carbocycles. The van der Waals surface area contributed by atoms with Crippen LogP contribution in [0.4, 0.5) is 0 Å². The van der Waals surface area contributed by atoms with Gasteiger partial charge in [0.1, 0.15) is 11.6 Å². The summed E-state index contributed by atoms with van der Waals surface area (Å²) in [5.41, 5.74) is 4.53. The van der Waals surface area contributed by atoms with Crippen molar-refractivity contribution < 1.29 is 4.79 Å². The Kier molecular flexibility index (Phi) is 3.26. The maximum atomic E-state index is 12.4. The number of Topliss-reactive ketones (excluding diaryl/α,β-unsaturated/α-hetero) is 1. The lowest BCUT2D eigenvalue weighted by atomic mass is 9.88. The number of likely N-dealkylation sites (tertiary alicyclic amines) is 1. The summed E-state index contributed by atoms with van der Waals surface area (Å²) in [7, 11) is 0. The van der Waals surface area contributed by atoms with E-state index in [1.165, 1.54) is 25.7 Å². The van der Waals surface area contributed by atoms with Gasteiger partial charge in [-0.1, -0.05) is 13.0 Å². The van der Waals surface area contributed by atoms with Crippen LogP contribution in [0, 0.1) is 16.7 Å². The summed E-state index contributed by atoms with van der Waals surface area (Å²) in [6.45, 7) is 3.95. The van der Waals surface area contributed by atoms with Gasteiger partial charge in [0, 0.05) is 25.2 Å². The summed E-state index contributed by atoms with van der Waals surface area (Å²) in [6.07, 6.45) is 6.20. The number of carbonyl (C=O) groups excluding carboxylic acids is 1. The van der Waals surface area contributed by atoms with Crippen LogP contribution in [0.2, 0.25) is 0 Å². The first-order chi connectivity index (χ1) is 11.2. The number of hydrogen-bond acceptors (Lipinski definition) is 4. The molecule has 1 aliphatic heterocycles. The Morgan fingerprint density at radius 3 is 2.61 bits per heavy atom. The molecule has 0 aromatic carbocycles. The van der Waals surface area contributed by atoms with Crippen molar-refractivity contribution >= 4 is 11.5 Å². The molecule has 0 atom stereocenters. The lowest BCUT2D eigenvalue weighted by molar-refractivity contribution is -0.114. The molecule has 0 bridgehead atoms. The predicted octanol–water partition coefficient (Wildman–Crippen LogP) is 2.88. The SMILES string of the molecule is CCc1ccc2c(n1)C(N1CCC3(CC1)CC3)=C(C#N)C(=O)C2. The molecule has 23 heavy (non-hydrogen) atoms. The van der Waals surface area contributed by atoms with Crippen LogP contribution in [0.15, 0.2) is 17.7 Å². The van der Waals surface area contributed by atoms with Crippen molar-refractivity contribution in [3.63, 3.8) is 0 Å². The van der Waals surface area contributed by atoms with Gasteiger partial charge in [0.2, 0.25) is 0 Å². The number of nitriles is 1. The van der Waals surface area contributed by atoms with Crippen molar-refractivity contribution in [2.24, 2.45) is 5.41 Å². The molecule has 0 unspecified atom stereocenters. The zero-order valence-electron chi connectivity index (χ0n) is 13.6. The number of nitrogens with zero attached hydrogens (tertiary/aromatic N) is 3. The first-order valence-corrected chi connectivity index (χ1v) is 8.57. The maximum absolute atomic E-state index is 12.4. The van der Waals surface area contributed by atoms with Gasteiger partial charge in [0.25, 0.3) is 0 Å². The van der Waals surface area contributed by atoms with Gasteiger partial charge < -0.3 is 4.90 Å². The van der Waals surface area contributed by atoms with Crippen LogP contribution in [-0.2, 0) is 17.6 Å². The second kappa shape index (κ2) is 5.19. The lowest BCUT2D eigenvalue weighted by Crippen LogP contribution is -2.36. The van der Waals surface area contributed by atoms with E-state index in [0.29, 0.717) is 17.4 Å². The third-order valence-electron chi connectivity index (χ3n) is 5.70. The van der Waals surface area contributed by atoms with Crippen LogP contribution in [0.3, 0.4) is 0 Å². The van der Waals surface area contributed by atoms with Crippen molar-refractivity contribution in [2.45, 2.75) is 45.4 Å². The van der Waals surface area contributed by atoms with Gasteiger partial charge in [-0.05, 0) is 49.1 Å². The molecule has 2 heterocycles. The average molecular weight is 307 g/mol. The van der Waals surface area contributed by atoms with Gasteiger partial charge in [0.05, 0.1) is 11.4 Å². The second-order valence-corrected chi connectivity index (χ2v) is 7.09. The number of aromatic nitrogens is 1. The Morgan fingerprint density at radius 2 is 2.00 bits per heavy atom. The van der Waals surface area contributed by atoms with Crippen LogP contribution >= 0.6 is 0 Å².